The minimum absolute atomic E-state index is 0. The van der Waals surface area contributed by atoms with E-state index in [9.17, 15) is 51.9 Å². The molecular formula is C12H12Br2Na4O12S4. The van der Waals surface area contributed by atoms with Crippen LogP contribution in [0.2, 0.25) is 0 Å². The van der Waals surface area contributed by atoms with Gasteiger partial charge in [-0.05, 0) is 24.3 Å². The molecule has 12 nitrogen and oxygen atoms in total. The summed E-state index contributed by atoms with van der Waals surface area (Å²) >= 11 is 5.48. The third-order valence-corrected chi connectivity index (χ3v) is 7.85. The zero-order chi connectivity index (χ0) is 23.4. The molecule has 4 N–H and O–H groups in total. The molecular weight excluding hydrogens is 716 g/mol. The predicted molar refractivity (Wildman–Crippen MR) is 111 cm³/mol. The van der Waals surface area contributed by atoms with Gasteiger partial charge in [-0.25, -0.2) is 0 Å². The molecule has 0 atom stereocenters. The maximum Gasteiger partial charge on any atom is 1.00 e. The molecule has 0 unspecified atom stereocenters. The Morgan fingerprint density at radius 2 is 0.618 bits per heavy atom. The summed E-state index contributed by atoms with van der Waals surface area (Å²) in [5.41, 5.74) is -2.67. The summed E-state index contributed by atoms with van der Waals surface area (Å²) in [6.45, 7) is 0. The first-order valence-electron chi connectivity index (χ1n) is 6.82. The quantitative estimate of drug-likeness (QED) is 0.167. The molecule has 0 aromatic heterocycles. The van der Waals surface area contributed by atoms with Gasteiger partial charge in [-0.2, -0.15) is 33.7 Å². The van der Waals surface area contributed by atoms with E-state index in [0.717, 1.165) is 0 Å². The average Bonchev–Trinajstić information content (AvgIpc) is 2.50. The Balaban J connectivity index is -0.000000240. The zero-order valence-corrected chi connectivity index (χ0v) is 32.2. The molecule has 34 heavy (non-hydrogen) atoms. The van der Waals surface area contributed by atoms with Crippen LogP contribution in [-0.4, -0.2) is 51.9 Å². The van der Waals surface area contributed by atoms with E-state index in [0.29, 0.717) is 24.3 Å². The van der Waals surface area contributed by atoms with Gasteiger partial charge in [-0.15, -0.1) is 0 Å². The first kappa shape index (κ1) is 41.5. The van der Waals surface area contributed by atoms with E-state index in [-0.39, 0.29) is 133 Å². The van der Waals surface area contributed by atoms with Crippen LogP contribution in [-0.2, 0) is 40.5 Å². The number of halogens is 2. The molecule has 0 aliphatic heterocycles. The smallest absolute Gasteiger partial charge is 1.00 e. The predicted octanol–water partition coefficient (Wildman–Crippen LogP) is -9.67. The van der Waals surface area contributed by atoms with Crippen LogP contribution in [0.4, 0.5) is 0 Å². The van der Waals surface area contributed by atoms with Crippen LogP contribution in [0.25, 0.3) is 11.1 Å². The molecule has 2 aromatic rings. The molecule has 0 radical (unpaired) electrons. The number of benzene rings is 2. The fraction of sp³-hybridized carbons (Fsp3) is 0. The van der Waals surface area contributed by atoms with Crippen molar-refractivity contribution in [2.45, 2.75) is 19.6 Å². The normalized spacial score (nSPS) is 11.8. The van der Waals surface area contributed by atoms with Gasteiger partial charge in [-0.3, -0.25) is 18.2 Å². The van der Waals surface area contributed by atoms with Gasteiger partial charge < -0.3 is 5.71 Å². The van der Waals surface area contributed by atoms with E-state index >= 15 is 0 Å². The van der Waals surface area contributed by atoms with Gasteiger partial charge in [0.2, 0.25) is 0 Å². The summed E-state index contributed by atoms with van der Waals surface area (Å²) in [7, 11) is -21.6. The second-order valence-corrected chi connectivity index (χ2v) is 12.8. The molecule has 0 saturated heterocycles. The van der Waals surface area contributed by atoms with Crippen molar-refractivity contribution in [3.8, 4) is 11.1 Å². The minimum Gasteiger partial charge on any atom is -1.00 e. The molecule has 0 heterocycles. The zero-order valence-electron chi connectivity index (χ0n) is 21.8. The fourth-order valence-electron chi connectivity index (χ4n) is 2.42. The number of hydrogen-bond acceptors (Lipinski definition) is 8. The maximum atomic E-state index is 11.9. The van der Waals surface area contributed by atoms with Crippen molar-refractivity contribution in [3.05, 3.63) is 33.2 Å². The van der Waals surface area contributed by atoms with Crippen molar-refractivity contribution >= 4 is 72.3 Å². The van der Waals surface area contributed by atoms with E-state index in [1.807, 2.05) is 0 Å². The van der Waals surface area contributed by atoms with E-state index in [1.165, 1.54) is 0 Å². The van der Waals surface area contributed by atoms with Crippen LogP contribution in [0, 0.1) is 0 Å². The topological polar surface area (TPSA) is 217 Å². The van der Waals surface area contributed by atoms with Gasteiger partial charge >= 0.3 is 118 Å². The Bertz CT molecular complexity index is 1300. The summed E-state index contributed by atoms with van der Waals surface area (Å²) in [6, 6.07) is 2.29. The molecule has 0 aliphatic rings. The molecule has 2 rings (SSSR count). The van der Waals surface area contributed by atoms with Crippen molar-refractivity contribution < 1.29 is 176 Å². The summed E-state index contributed by atoms with van der Waals surface area (Å²) < 4.78 is 132. The van der Waals surface area contributed by atoms with Crippen LogP contribution < -0.4 is 118 Å². The summed E-state index contributed by atoms with van der Waals surface area (Å²) in [4.78, 5) is -5.44. The van der Waals surface area contributed by atoms with Crippen LogP contribution in [0.5, 0.6) is 0 Å². The van der Waals surface area contributed by atoms with E-state index < -0.39 is 71.2 Å². The van der Waals surface area contributed by atoms with Crippen LogP contribution >= 0.6 is 31.9 Å². The van der Waals surface area contributed by atoms with Crippen molar-refractivity contribution in [3.63, 3.8) is 0 Å². The van der Waals surface area contributed by atoms with Crippen molar-refractivity contribution in [2.75, 3.05) is 0 Å². The number of hydrogen-bond donors (Lipinski definition) is 4. The van der Waals surface area contributed by atoms with Gasteiger partial charge in [0, 0.05) is 20.1 Å². The third-order valence-electron chi connectivity index (χ3n) is 3.42. The molecule has 2 aromatic carbocycles. The summed E-state index contributed by atoms with van der Waals surface area (Å²) in [5.74, 6) is 0. The molecule has 0 bridgehead atoms. The van der Waals surface area contributed by atoms with E-state index in [1.54, 1.807) is 0 Å². The number of rotatable bonds is 5. The van der Waals surface area contributed by atoms with Crippen molar-refractivity contribution in [1.82, 2.24) is 0 Å². The Morgan fingerprint density at radius 3 is 0.735 bits per heavy atom. The second-order valence-electron chi connectivity index (χ2n) is 5.45. The van der Waals surface area contributed by atoms with Crippen LogP contribution in [0.1, 0.15) is 5.71 Å². The van der Waals surface area contributed by atoms with Gasteiger partial charge in [0.15, 0.2) is 0 Å². The summed E-state index contributed by atoms with van der Waals surface area (Å²) in [6.07, 6.45) is 0. The van der Waals surface area contributed by atoms with Gasteiger partial charge in [0.25, 0.3) is 40.5 Å². The Morgan fingerprint density at radius 1 is 0.471 bits per heavy atom. The van der Waals surface area contributed by atoms with Crippen LogP contribution in [0.3, 0.4) is 0 Å². The van der Waals surface area contributed by atoms with Crippen molar-refractivity contribution in [1.29, 1.82) is 0 Å². The largest absolute Gasteiger partial charge is 1.00 e. The van der Waals surface area contributed by atoms with E-state index in [4.69, 9.17) is 0 Å². The van der Waals surface area contributed by atoms with E-state index in [2.05, 4.69) is 31.9 Å². The molecule has 0 aliphatic carbocycles. The SMILES string of the molecule is O=S(=O)(O)c1cc(Br)cc(S(=O)(=O)O)c1-c1c(S(=O)(=O)O)cc(Br)cc1S(=O)(=O)O.[H-].[H-].[H-].[H-].[Na+].[Na+].[Na+].[Na+]. The first-order chi connectivity index (χ1) is 13.2. The van der Waals surface area contributed by atoms with Crippen LogP contribution in [0.15, 0.2) is 52.8 Å². The second kappa shape index (κ2) is 14.6. The Labute approximate surface area is 306 Å². The molecule has 0 spiro atoms. The monoisotopic (exact) mass is 726 g/mol. The summed E-state index contributed by atoms with van der Waals surface area (Å²) in [5, 5.41) is 0. The first-order valence-corrected chi connectivity index (χ1v) is 14.2. The van der Waals surface area contributed by atoms with Gasteiger partial charge in [0.1, 0.15) is 19.6 Å². The Hall–Kier alpha value is 3.04. The molecule has 174 valence electrons. The van der Waals surface area contributed by atoms with Crippen molar-refractivity contribution in [2.24, 2.45) is 0 Å². The fourth-order valence-corrected chi connectivity index (χ4v) is 7.06. The molecule has 22 heteroatoms. The van der Waals surface area contributed by atoms with Gasteiger partial charge in [0.05, 0.1) is 0 Å². The maximum absolute atomic E-state index is 11.9. The standard InChI is InChI=1S/C12H8Br2O12S4.4Na.4H/c13-5-1-7(27(15,16)17)11(8(2-5)28(18,19)20)12-9(29(21,22)23)3-6(14)4-10(12)30(24,25)26;;;;;;;;/h1-4H,(H,15,16,17)(H,18,19,20)(H,21,22,23)(H,24,25,26);;;;;;;;/q;4*+1;4*-1. The molecule has 0 saturated carbocycles. The molecule has 0 fully saturated rings. The Kier molecular flexibility index (Phi) is 17.8. The molecule has 0 amide bonds. The average molecular weight is 728 g/mol. The van der Waals surface area contributed by atoms with Gasteiger partial charge in [-0.1, -0.05) is 31.9 Å². The minimum atomic E-state index is -5.39. The third kappa shape index (κ3) is 10.2.